The Kier molecular flexibility index (Phi) is 3.20. The fourth-order valence-electron chi connectivity index (χ4n) is 0.922. The zero-order valence-electron chi connectivity index (χ0n) is 7.65. The zero-order valence-corrected chi connectivity index (χ0v) is 7.65. The lowest BCUT2D eigenvalue weighted by molar-refractivity contribution is 0.0594. The van der Waals surface area contributed by atoms with E-state index in [0.717, 1.165) is 5.56 Å². The van der Waals surface area contributed by atoms with Crippen molar-refractivity contribution >= 4 is 12.0 Å². The van der Waals surface area contributed by atoms with Crippen molar-refractivity contribution in [3.8, 4) is 0 Å². The van der Waals surface area contributed by atoms with Crippen LogP contribution in [0, 0.1) is 0 Å². The first-order valence-corrected chi connectivity index (χ1v) is 3.95. The molecule has 13 heavy (non-hydrogen) atoms. The Morgan fingerprint density at radius 2 is 2.31 bits per heavy atom. The SMILES string of the molecule is C/C=C/c1ccc(C(=O)OC)nc1. The number of hydrogen-bond acceptors (Lipinski definition) is 3. The molecule has 0 aliphatic carbocycles. The minimum atomic E-state index is -0.410. The molecule has 3 nitrogen and oxygen atoms in total. The molecule has 0 aromatic carbocycles. The molecular weight excluding hydrogens is 166 g/mol. The Morgan fingerprint density at radius 1 is 1.54 bits per heavy atom. The Labute approximate surface area is 77.1 Å². The van der Waals surface area contributed by atoms with Gasteiger partial charge in [-0.2, -0.15) is 0 Å². The lowest BCUT2D eigenvalue weighted by atomic mass is 10.2. The molecule has 3 heteroatoms. The largest absolute Gasteiger partial charge is 0.464 e. The number of methoxy groups -OCH3 is 1. The topological polar surface area (TPSA) is 39.2 Å². The molecule has 0 fully saturated rings. The summed E-state index contributed by atoms with van der Waals surface area (Å²) in [6, 6.07) is 3.46. The van der Waals surface area contributed by atoms with Gasteiger partial charge in [0.25, 0.3) is 0 Å². The van der Waals surface area contributed by atoms with Crippen molar-refractivity contribution in [2.45, 2.75) is 6.92 Å². The van der Waals surface area contributed by atoms with E-state index in [4.69, 9.17) is 0 Å². The first-order chi connectivity index (χ1) is 6.27. The third kappa shape index (κ3) is 2.40. The maximum Gasteiger partial charge on any atom is 0.356 e. The average molecular weight is 177 g/mol. The van der Waals surface area contributed by atoms with Gasteiger partial charge in [0.1, 0.15) is 5.69 Å². The van der Waals surface area contributed by atoms with Gasteiger partial charge in [-0.05, 0) is 18.6 Å². The van der Waals surface area contributed by atoms with Crippen molar-refractivity contribution < 1.29 is 9.53 Å². The number of nitrogens with zero attached hydrogens (tertiary/aromatic N) is 1. The van der Waals surface area contributed by atoms with Crippen LogP contribution in [-0.4, -0.2) is 18.1 Å². The third-order valence-electron chi connectivity index (χ3n) is 1.54. The predicted molar refractivity (Wildman–Crippen MR) is 50.3 cm³/mol. The Hall–Kier alpha value is -1.64. The Balaban J connectivity index is 2.87. The number of aromatic nitrogens is 1. The molecule has 0 amide bonds. The normalized spacial score (nSPS) is 10.3. The zero-order chi connectivity index (χ0) is 9.68. The van der Waals surface area contributed by atoms with Crippen LogP contribution in [0.2, 0.25) is 0 Å². The molecule has 0 saturated heterocycles. The second-order valence-corrected chi connectivity index (χ2v) is 2.47. The molecule has 0 aliphatic heterocycles. The second kappa shape index (κ2) is 4.40. The van der Waals surface area contributed by atoms with Gasteiger partial charge < -0.3 is 4.74 Å². The van der Waals surface area contributed by atoms with E-state index in [-0.39, 0.29) is 0 Å². The summed E-state index contributed by atoms with van der Waals surface area (Å²) in [5.41, 5.74) is 1.30. The fourth-order valence-corrected chi connectivity index (χ4v) is 0.922. The highest BCUT2D eigenvalue weighted by Gasteiger charge is 2.04. The molecule has 0 spiro atoms. The van der Waals surface area contributed by atoms with Gasteiger partial charge in [0.05, 0.1) is 7.11 Å². The van der Waals surface area contributed by atoms with Crippen LogP contribution in [0.3, 0.4) is 0 Å². The second-order valence-electron chi connectivity index (χ2n) is 2.47. The summed E-state index contributed by atoms with van der Waals surface area (Å²) in [6.45, 7) is 1.92. The van der Waals surface area contributed by atoms with Gasteiger partial charge in [0.15, 0.2) is 0 Å². The van der Waals surface area contributed by atoms with Crippen molar-refractivity contribution in [3.05, 3.63) is 35.7 Å². The highest BCUT2D eigenvalue weighted by molar-refractivity contribution is 5.87. The third-order valence-corrected chi connectivity index (χ3v) is 1.54. The molecule has 0 atom stereocenters. The van der Waals surface area contributed by atoms with Gasteiger partial charge in [0.2, 0.25) is 0 Å². The quantitative estimate of drug-likeness (QED) is 0.647. The lowest BCUT2D eigenvalue weighted by Crippen LogP contribution is -2.03. The molecule has 68 valence electrons. The van der Waals surface area contributed by atoms with Gasteiger partial charge >= 0.3 is 5.97 Å². The van der Waals surface area contributed by atoms with E-state index >= 15 is 0 Å². The van der Waals surface area contributed by atoms with Crippen LogP contribution in [0.1, 0.15) is 23.0 Å². The molecule has 1 rings (SSSR count). The van der Waals surface area contributed by atoms with E-state index in [0.29, 0.717) is 5.69 Å². The van der Waals surface area contributed by atoms with Gasteiger partial charge in [0, 0.05) is 6.20 Å². The van der Waals surface area contributed by atoms with Crippen LogP contribution in [-0.2, 0) is 4.74 Å². The fraction of sp³-hybridized carbons (Fsp3) is 0.200. The molecule has 0 bridgehead atoms. The van der Waals surface area contributed by atoms with Crippen LogP contribution in [0.5, 0.6) is 0 Å². The number of carbonyl (C=O) groups excluding carboxylic acids is 1. The summed E-state index contributed by atoms with van der Waals surface area (Å²) in [7, 11) is 1.34. The number of allylic oxidation sites excluding steroid dienone is 1. The van der Waals surface area contributed by atoms with E-state index in [9.17, 15) is 4.79 Å². The number of hydrogen-bond donors (Lipinski definition) is 0. The standard InChI is InChI=1S/C10H11NO2/c1-3-4-8-5-6-9(11-7-8)10(12)13-2/h3-7H,1-2H3/b4-3+. The monoisotopic (exact) mass is 177 g/mol. The Morgan fingerprint density at radius 3 is 2.77 bits per heavy atom. The summed E-state index contributed by atoms with van der Waals surface area (Å²) in [4.78, 5) is 14.9. The number of carbonyl (C=O) groups is 1. The van der Waals surface area contributed by atoms with Gasteiger partial charge in [-0.25, -0.2) is 9.78 Å². The maximum atomic E-state index is 11.0. The molecule has 1 heterocycles. The average Bonchev–Trinajstić information content (AvgIpc) is 2.18. The van der Waals surface area contributed by atoms with Crippen LogP contribution >= 0.6 is 0 Å². The smallest absolute Gasteiger partial charge is 0.356 e. The van der Waals surface area contributed by atoms with Crippen LogP contribution in [0.4, 0.5) is 0 Å². The molecule has 0 radical (unpaired) electrons. The summed E-state index contributed by atoms with van der Waals surface area (Å²) >= 11 is 0. The highest BCUT2D eigenvalue weighted by Crippen LogP contribution is 2.03. The van der Waals surface area contributed by atoms with Crippen molar-refractivity contribution in [2.24, 2.45) is 0 Å². The van der Waals surface area contributed by atoms with Gasteiger partial charge in [-0.1, -0.05) is 18.2 Å². The minimum absolute atomic E-state index is 0.329. The molecule has 0 unspecified atom stereocenters. The van der Waals surface area contributed by atoms with Crippen LogP contribution in [0.15, 0.2) is 24.4 Å². The molecule has 1 aromatic rings. The van der Waals surface area contributed by atoms with Crippen LogP contribution < -0.4 is 0 Å². The Bertz CT molecular complexity index is 314. The van der Waals surface area contributed by atoms with E-state index in [1.165, 1.54) is 7.11 Å². The number of ether oxygens (including phenoxy) is 1. The predicted octanol–water partition coefficient (Wildman–Crippen LogP) is 1.90. The first kappa shape index (κ1) is 9.45. The molecule has 0 saturated carbocycles. The molecule has 1 aromatic heterocycles. The van der Waals surface area contributed by atoms with Crippen molar-refractivity contribution in [1.82, 2.24) is 4.98 Å². The van der Waals surface area contributed by atoms with Gasteiger partial charge in [-0.15, -0.1) is 0 Å². The summed E-state index contributed by atoms with van der Waals surface area (Å²) in [5.74, 6) is -0.410. The lowest BCUT2D eigenvalue weighted by Gasteiger charge is -1.97. The molecule has 0 N–H and O–H groups in total. The van der Waals surface area contributed by atoms with E-state index in [2.05, 4.69) is 9.72 Å². The first-order valence-electron chi connectivity index (χ1n) is 3.95. The van der Waals surface area contributed by atoms with E-state index < -0.39 is 5.97 Å². The van der Waals surface area contributed by atoms with Crippen molar-refractivity contribution in [3.63, 3.8) is 0 Å². The highest BCUT2D eigenvalue weighted by atomic mass is 16.5. The number of esters is 1. The minimum Gasteiger partial charge on any atom is -0.464 e. The van der Waals surface area contributed by atoms with E-state index in [1.54, 1.807) is 12.3 Å². The number of pyridine rings is 1. The number of rotatable bonds is 2. The maximum absolute atomic E-state index is 11.0. The van der Waals surface area contributed by atoms with Gasteiger partial charge in [-0.3, -0.25) is 0 Å². The van der Waals surface area contributed by atoms with Crippen molar-refractivity contribution in [2.75, 3.05) is 7.11 Å². The van der Waals surface area contributed by atoms with Crippen LogP contribution in [0.25, 0.3) is 6.08 Å². The summed E-state index contributed by atoms with van der Waals surface area (Å²) in [5, 5.41) is 0. The summed E-state index contributed by atoms with van der Waals surface area (Å²) < 4.78 is 4.52. The molecular formula is C10H11NO2. The molecule has 0 aliphatic rings. The van der Waals surface area contributed by atoms with Crippen molar-refractivity contribution in [1.29, 1.82) is 0 Å². The summed E-state index contributed by atoms with van der Waals surface area (Å²) in [6.07, 6.45) is 5.45. The van der Waals surface area contributed by atoms with E-state index in [1.807, 2.05) is 25.1 Å².